The van der Waals surface area contributed by atoms with Crippen molar-refractivity contribution in [3.8, 4) is 12.1 Å². The smallest absolute Gasteiger partial charge is 0.155 e. The van der Waals surface area contributed by atoms with E-state index < -0.39 is 11.6 Å². The molecule has 1 aromatic carbocycles. The summed E-state index contributed by atoms with van der Waals surface area (Å²) >= 11 is 4.46. The molecule has 0 atom stereocenters. The third kappa shape index (κ3) is 3.14. The SMILES string of the molecule is N#CC(C#N)=CNc1cc(F)c(Br)c(F)c1I. The molecule has 0 aliphatic carbocycles. The number of allylic oxidation sites excluding steroid dienone is 1. The maximum atomic E-state index is 13.5. The van der Waals surface area contributed by atoms with Gasteiger partial charge in [-0.3, -0.25) is 0 Å². The zero-order valence-electron chi connectivity index (χ0n) is 8.06. The molecule has 0 aliphatic heterocycles. The third-order valence-corrected chi connectivity index (χ3v) is 3.50. The molecule has 86 valence electrons. The molecule has 0 saturated carbocycles. The van der Waals surface area contributed by atoms with Crippen molar-refractivity contribution < 1.29 is 8.78 Å². The Labute approximate surface area is 118 Å². The first-order chi connectivity index (χ1) is 8.01. The van der Waals surface area contributed by atoms with E-state index >= 15 is 0 Å². The molecule has 0 heterocycles. The summed E-state index contributed by atoms with van der Waals surface area (Å²) in [5.74, 6) is -1.51. The molecule has 1 N–H and O–H groups in total. The van der Waals surface area contributed by atoms with Gasteiger partial charge < -0.3 is 5.32 Å². The molecule has 1 rings (SSSR count). The highest BCUT2D eigenvalue weighted by atomic mass is 127. The predicted octanol–water partition coefficient (Wildman–Crippen LogP) is 3.67. The molecule has 0 unspecified atom stereocenters. The molecule has 0 bridgehead atoms. The largest absolute Gasteiger partial charge is 0.359 e. The van der Waals surface area contributed by atoms with Crippen molar-refractivity contribution in [2.75, 3.05) is 5.32 Å². The van der Waals surface area contributed by atoms with Crippen LogP contribution in [0.4, 0.5) is 14.5 Å². The fraction of sp³-hybridized carbons (Fsp3) is 0. The molecule has 17 heavy (non-hydrogen) atoms. The van der Waals surface area contributed by atoms with E-state index in [0.29, 0.717) is 0 Å². The van der Waals surface area contributed by atoms with E-state index in [4.69, 9.17) is 10.5 Å². The van der Waals surface area contributed by atoms with Crippen molar-refractivity contribution in [2.24, 2.45) is 0 Å². The number of rotatable bonds is 2. The first-order valence-corrected chi connectivity index (χ1v) is 5.98. The van der Waals surface area contributed by atoms with Gasteiger partial charge in [0.2, 0.25) is 0 Å². The average molecular weight is 410 g/mol. The van der Waals surface area contributed by atoms with Crippen LogP contribution in [0.25, 0.3) is 0 Å². The van der Waals surface area contributed by atoms with Gasteiger partial charge in [-0.05, 0) is 44.6 Å². The molecule has 0 radical (unpaired) electrons. The second-order valence-corrected chi connectivity index (χ2v) is 4.65. The van der Waals surface area contributed by atoms with Gasteiger partial charge in [0.05, 0.1) is 13.7 Å². The quantitative estimate of drug-likeness (QED) is 0.351. The normalized spacial score (nSPS) is 9.06. The zero-order chi connectivity index (χ0) is 13.0. The Bertz CT molecular complexity index is 556. The van der Waals surface area contributed by atoms with E-state index in [1.807, 2.05) is 0 Å². The van der Waals surface area contributed by atoms with Crippen LogP contribution in [0.2, 0.25) is 0 Å². The Hall–Kier alpha value is -1.19. The monoisotopic (exact) mass is 409 g/mol. The van der Waals surface area contributed by atoms with E-state index in [9.17, 15) is 8.78 Å². The molecule has 0 aliphatic rings. The zero-order valence-corrected chi connectivity index (χ0v) is 11.8. The fourth-order valence-electron chi connectivity index (χ4n) is 0.917. The summed E-state index contributed by atoms with van der Waals surface area (Å²) in [4.78, 5) is 0. The van der Waals surface area contributed by atoms with E-state index in [-0.39, 0.29) is 19.3 Å². The van der Waals surface area contributed by atoms with Gasteiger partial charge in [-0.15, -0.1) is 0 Å². The standard InChI is InChI=1S/C10H3BrF2IN3/c11-8-6(12)1-7(10(14)9(8)13)17-4-5(2-15)3-16/h1,4,17H. The van der Waals surface area contributed by atoms with E-state index in [0.717, 1.165) is 12.3 Å². The number of anilines is 1. The molecule has 0 aromatic heterocycles. The molecular formula is C10H3BrF2IN3. The summed E-state index contributed by atoms with van der Waals surface area (Å²) < 4.78 is 26.6. The second kappa shape index (κ2) is 5.94. The van der Waals surface area contributed by atoms with Crippen LogP contribution in [-0.4, -0.2) is 0 Å². The Morgan fingerprint density at radius 3 is 2.53 bits per heavy atom. The van der Waals surface area contributed by atoms with Crippen LogP contribution < -0.4 is 5.32 Å². The van der Waals surface area contributed by atoms with Crippen LogP contribution in [0.1, 0.15) is 0 Å². The van der Waals surface area contributed by atoms with Gasteiger partial charge in [-0.25, -0.2) is 8.78 Å². The molecule has 0 spiro atoms. The van der Waals surface area contributed by atoms with Crippen LogP contribution in [0.15, 0.2) is 22.3 Å². The molecule has 0 saturated heterocycles. The van der Waals surface area contributed by atoms with Crippen LogP contribution in [0.5, 0.6) is 0 Å². The second-order valence-electron chi connectivity index (χ2n) is 2.77. The highest BCUT2D eigenvalue weighted by Crippen LogP contribution is 2.30. The number of nitrogens with one attached hydrogen (secondary N) is 1. The van der Waals surface area contributed by atoms with Crippen LogP contribution >= 0.6 is 38.5 Å². The minimum atomic E-state index is -0.769. The van der Waals surface area contributed by atoms with Gasteiger partial charge in [0.1, 0.15) is 23.5 Å². The highest BCUT2D eigenvalue weighted by Gasteiger charge is 2.14. The van der Waals surface area contributed by atoms with Gasteiger partial charge in [0.25, 0.3) is 0 Å². The van der Waals surface area contributed by atoms with Gasteiger partial charge >= 0.3 is 0 Å². The lowest BCUT2D eigenvalue weighted by Crippen LogP contribution is -1.98. The molecule has 3 nitrogen and oxygen atoms in total. The highest BCUT2D eigenvalue weighted by molar-refractivity contribution is 14.1. The fourth-order valence-corrected chi connectivity index (χ4v) is 2.18. The number of benzene rings is 1. The number of halogens is 4. The number of hydrogen-bond donors (Lipinski definition) is 1. The van der Waals surface area contributed by atoms with Crippen molar-refractivity contribution in [1.82, 2.24) is 0 Å². The lowest BCUT2D eigenvalue weighted by molar-refractivity contribution is 0.568. The first kappa shape index (κ1) is 13.9. The minimum Gasteiger partial charge on any atom is -0.359 e. The third-order valence-electron chi connectivity index (χ3n) is 1.72. The van der Waals surface area contributed by atoms with E-state index in [2.05, 4.69) is 21.2 Å². The minimum absolute atomic E-state index is 0.145. The molecular weight excluding hydrogens is 407 g/mol. The van der Waals surface area contributed by atoms with E-state index in [1.54, 1.807) is 34.7 Å². The van der Waals surface area contributed by atoms with Crippen LogP contribution in [0, 0.1) is 37.9 Å². The van der Waals surface area contributed by atoms with Gasteiger partial charge in [0, 0.05) is 6.20 Å². The van der Waals surface area contributed by atoms with Gasteiger partial charge in [-0.1, -0.05) is 0 Å². The number of nitrogens with zero attached hydrogens (tertiary/aromatic N) is 2. The Kier molecular flexibility index (Phi) is 4.85. The van der Waals surface area contributed by atoms with E-state index in [1.165, 1.54) is 0 Å². The Morgan fingerprint density at radius 2 is 2.00 bits per heavy atom. The molecule has 7 heteroatoms. The summed E-state index contributed by atoms with van der Waals surface area (Å²) in [5.41, 5.74) is -0.0451. The van der Waals surface area contributed by atoms with Gasteiger partial charge in [0.15, 0.2) is 5.82 Å². The Morgan fingerprint density at radius 1 is 1.41 bits per heavy atom. The lowest BCUT2D eigenvalue weighted by atomic mass is 10.3. The summed E-state index contributed by atoms with van der Waals surface area (Å²) in [6.45, 7) is 0. The summed E-state index contributed by atoms with van der Waals surface area (Å²) in [6, 6.07) is 4.31. The summed E-state index contributed by atoms with van der Waals surface area (Å²) in [7, 11) is 0. The Balaban J connectivity index is 3.15. The maximum Gasteiger partial charge on any atom is 0.155 e. The molecule has 0 fully saturated rings. The number of nitriles is 2. The number of hydrogen-bond acceptors (Lipinski definition) is 3. The van der Waals surface area contributed by atoms with Crippen molar-refractivity contribution in [1.29, 1.82) is 10.5 Å². The summed E-state index contributed by atoms with van der Waals surface area (Å²) in [6.07, 6.45) is 1.09. The lowest BCUT2D eigenvalue weighted by Gasteiger charge is -2.07. The molecule has 1 aromatic rings. The average Bonchev–Trinajstić information content (AvgIpc) is 2.33. The topological polar surface area (TPSA) is 59.6 Å². The van der Waals surface area contributed by atoms with Crippen LogP contribution in [-0.2, 0) is 0 Å². The molecule has 0 amide bonds. The van der Waals surface area contributed by atoms with Crippen molar-refractivity contribution in [3.63, 3.8) is 0 Å². The maximum absolute atomic E-state index is 13.5. The van der Waals surface area contributed by atoms with Crippen molar-refractivity contribution >= 4 is 44.2 Å². The predicted molar refractivity (Wildman–Crippen MR) is 69.7 cm³/mol. The summed E-state index contributed by atoms with van der Waals surface area (Å²) in [5, 5.41) is 19.5. The van der Waals surface area contributed by atoms with Gasteiger partial charge in [-0.2, -0.15) is 10.5 Å². The first-order valence-electron chi connectivity index (χ1n) is 4.11. The van der Waals surface area contributed by atoms with Crippen LogP contribution in [0.3, 0.4) is 0 Å². The van der Waals surface area contributed by atoms with Crippen molar-refractivity contribution in [3.05, 3.63) is 37.5 Å². The van der Waals surface area contributed by atoms with Crippen molar-refractivity contribution in [2.45, 2.75) is 0 Å².